The van der Waals surface area contributed by atoms with Crippen molar-refractivity contribution in [1.29, 1.82) is 0 Å². The molecular weight excluding hydrogens is 196 g/mol. The maximum absolute atomic E-state index is 3.59. The van der Waals surface area contributed by atoms with Crippen molar-refractivity contribution in [2.24, 2.45) is 5.92 Å². The van der Waals surface area contributed by atoms with E-state index in [0.29, 0.717) is 0 Å². The van der Waals surface area contributed by atoms with Crippen LogP contribution in [-0.4, -0.2) is 36.6 Å². The third-order valence-corrected chi connectivity index (χ3v) is 4.31. The molecule has 0 bridgehead atoms. The maximum atomic E-state index is 3.59. The quantitative estimate of drug-likeness (QED) is 0.689. The minimum absolute atomic E-state index is 0.730. The van der Waals surface area contributed by atoms with Gasteiger partial charge in [-0.15, -0.1) is 0 Å². The summed E-state index contributed by atoms with van der Waals surface area (Å²) in [5, 5.41) is 3.59. The van der Waals surface area contributed by atoms with Crippen LogP contribution in [0.2, 0.25) is 0 Å². The number of nitrogens with zero attached hydrogens (tertiary/aromatic N) is 1. The number of hydrogen-bond donors (Lipinski definition) is 1. The van der Waals surface area contributed by atoms with E-state index >= 15 is 0 Å². The highest BCUT2D eigenvalue weighted by Gasteiger charge is 2.27. The maximum Gasteiger partial charge on any atom is 0.0195 e. The Labute approximate surface area is 101 Å². The van der Waals surface area contributed by atoms with Gasteiger partial charge in [0.25, 0.3) is 0 Å². The number of nitrogens with one attached hydrogen (secondary N) is 1. The predicted molar refractivity (Wildman–Crippen MR) is 69.7 cm³/mol. The van der Waals surface area contributed by atoms with E-state index < -0.39 is 0 Å². The van der Waals surface area contributed by atoms with Crippen molar-refractivity contribution in [2.75, 3.05) is 19.6 Å². The topological polar surface area (TPSA) is 15.3 Å². The summed E-state index contributed by atoms with van der Waals surface area (Å²) in [5.41, 5.74) is 0. The average Bonchev–Trinajstić information content (AvgIpc) is 2.60. The Kier molecular flexibility index (Phi) is 4.66. The molecule has 2 fully saturated rings. The lowest BCUT2D eigenvalue weighted by molar-refractivity contribution is 0.126. The summed E-state index contributed by atoms with van der Waals surface area (Å²) in [5.74, 6) is 0.813. The Hall–Kier alpha value is -0.0800. The Morgan fingerprint density at radius 3 is 2.31 bits per heavy atom. The molecular formula is C14H28N2. The molecule has 0 aromatic rings. The molecule has 0 amide bonds. The van der Waals surface area contributed by atoms with Gasteiger partial charge in [0.15, 0.2) is 0 Å². The molecule has 0 radical (unpaired) electrons. The van der Waals surface area contributed by atoms with E-state index in [2.05, 4.69) is 24.1 Å². The molecule has 1 aliphatic heterocycles. The zero-order chi connectivity index (χ0) is 11.4. The molecule has 2 atom stereocenters. The lowest BCUT2D eigenvalue weighted by Crippen LogP contribution is -2.44. The molecule has 0 aromatic carbocycles. The molecule has 2 unspecified atom stereocenters. The molecule has 2 aliphatic rings. The molecule has 1 aliphatic carbocycles. The molecule has 1 saturated heterocycles. The van der Waals surface area contributed by atoms with Gasteiger partial charge in [-0.25, -0.2) is 0 Å². The van der Waals surface area contributed by atoms with Gasteiger partial charge in [-0.2, -0.15) is 0 Å². The van der Waals surface area contributed by atoms with Crippen molar-refractivity contribution in [3.05, 3.63) is 0 Å². The third-order valence-electron chi connectivity index (χ3n) is 4.31. The van der Waals surface area contributed by atoms with E-state index in [1.807, 2.05) is 0 Å². The molecule has 2 nitrogen and oxygen atoms in total. The summed E-state index contributed by atoms with van der Waals surface area (Å²) in [6.45, 7) is 8.47. The van der Waals surface area contributed by atoms with Gasteiger partial charge >= 0.3 is 0 Å². The Bertz CT molecular complexity index is 197. The lowest BCUT2D eigenvalue weighted by Gasteiger charge is -2.35. The summed E-state index contributed by atoms with van der Waals surface area (Å²) in [4.78, 5) is 2.80. The highest BCUT2D eigenvalue weighted by Crippen LogP contribution is 2.25. The second-order valence-electron chi connectivity index (χ2n) is 5.95. The Morgan fingerprint density at radius 2 is 1.62 bits per heavy atom. The molecule has 2 rings (SSSR count). The third kappa shape index (κ3) is 3.21. The van der Waals surface area contributed by atoms with E-state index in [1.165, 1.54) is 58.2 Å². The fourth-order valence-corrected chi connectivity index (χ4v) is 3.36. The Morgan fingerprint density at radius 1 is 0.938 bits per heavy atom. The fourth-order valence-electron chi connectivity index (χ4n) is 3.36. The van der Waals surface area contributed by atoms with E-state index in [4.69, 9.17) is 0 Å². The van der Waals surface area contributed by atoms with E-state index in [9.17, 15) is 0 Å². The van der Waals surface area contributed by atoms with Crippen molar-refractivity contribution in [1.82, 2.24) is 10.2 Å². The molecule has 1 heterocycles. The first-order valence-electron chi connectivity index (χ1n) is 7.24. The second-order valence-corrected chi connectivity index (χ2v) is 5.95. The summed E-state index contributed by atoms with van der Waals surface area (Å²) >= 11 is 0. The molecule has 94 valence electrons. The van der Waals surface area contributed by atoms with Crippen LogP contribution in [-0.2, 0) is 0 Å². The molecule has 16 heavy (non-hydrogen) atoms. The van der Waals surface area contributed by atoms with Crippen LogP contribution >= 0.6 is 0 Å². The van der Waals surface area contributed by atoms with E-state index in [0.717, 1.165) is 18.0 Å². The van der Waals surface area contributed by atoms with Crippen molar-refractivity contribution in [3.63, 3.8) is 0 Å². The van der Waals surface area contributed by atoms with E-state index in [-0.39, 0.29) is 0 Å². The van der Waals surface area contributed by atoms with Crippen molar-refractivity contribution in [2.45, 2.75) is 64.5 Å². The minimum atomic E-state index is 0.730. The SMILES string of the molecule is CC1CNCC(C)N(C2CCCCCC2)C1. The summed E-state index contributed by atoms with van der Waals surface area (Å²) < 4.78 is 0. The first-order valence-corrected chi connectivity index (χ1v) is 7.24. The van der Waals surface area contributed by atoms with Gasteiger partial charge in [-0.3, -0.25) is 4.90 Å². The molecule has 0 spiro atoms. The zero-order valence-corrected chi connectivity index (χ0v) is 11.0. The Balaban J connectivity index is 1.97. The van der Waals surface area contributed by atoms with Crippen LogP contribution in [0.4, 0.5) is 0 Å². The minimum Gasteiger partial charge on any atom is -0.315 e. The molecule has 1 N–H and O–H groups in total. The highest BCUT2D eigenvalue weighted by atomic mass is 15.2. The largest absolute Gasteiger partial charge is 0.315 e. The predicted octanol–water partition coefficient (Wildman–Crippen LogP) is 2.64. The molecule has 1 saturated carbocycles. The van der Waals surface area contributed by atoms with Gasteiger partial charge in [-0.05, 0) is 32.2 Å². The molecule has 2 heteroatoms. The van der Waals surface area contributed by atoms with Gasteiger partial charge in [-0.1, -0.05) is 32.6 Å². The normalized spacial score (nSPS) is 35.6. The highest BCUT2D eigenvalue weighted by molar-refractivity contribution is 4.84. The van der Waals surface area contributed by atoms with Crippen LogP contribution in [0.5, 0.6) is 0 Å². The standard InChI is InChI=1S/C14H28N2/c1-12-9-15-10-13(2)16(11-12)14-7-5-3-4-6-8-14/h12-15H,3-11H2,1-2H3. The summed E-state index contributed by atoms with van der Waals surface area (Å²) in [6, 6.07) is 1.60. The van der Waals surface area contributed by atoms with Crippen LogP contribution in [0.3, 0.4) is 0 Å². The van der Waals surface area contributed by atoms with E-state index in [1.54, 1.807) is 0 Å². The first-order chi connectivity index (χ1) is 7.77. The van der Waals surface area contributed by atoms with Gasteiger partial charge in [0, 0.05) is 25.2 Å². The second kappa shape index (κ2) is 6.02. The van der Waals surface area contributed by atoms with Crippen LogP contribution in [0.25, 0.3) is 0 Å². The first kappa shape index (κ1) is 12.4. The van der Waals surface area contributed by atoms with Crippen molar-refractivity contribution >= 4 is 0 Å². The van der Waals surface area contributed by atoms with Crippen molar-refractivity contribution in [3.8, 4) is 0 Å². The zero-order valence-electron chi connectivity index (χ0n) is 11.0. The number of hydrogen-bond acceptors (Lipinski definition) is 2. The smallest absolute Gasteiger partial charge is 0.0195 e. The average molecular weight is 224 g/mol. The van der Waals surface area contributed by atoms with Gasteiger partial charge in [0.1, 0.15) is 0 Å². The van der Waals surface area contributed by atoms with Gasteiger partial charge < -0.3 is 5.32 Å². The van der Waals surface area contributed by atoms with Crippen LogP contribution in [0, 0.1) is 5.92 Å². The molecule has 0 aromatic heterocycles. The van der Waals surface area contributed by atoms with Crippen LogP contribution < -0.4 is 5.32 Å². The van der Waals surface area contributed by atoms with Gasteiger partial charge in [0.2, 0.25) is 0 Å². The number of rotatable bonds is 1. The summed E-state index contributed by atoms with van der Waals surface area (Å²) in [6.07, 6.45) is 8.72. The van der Waals surface area contributed by atoms with Crippen molar-refractivity contribution < 1.29 is 0 Å². The fraction of sp³-hybridized carbons (Fsp3) is 1.00. The summed E-state index contributed by atoms with van der Waals surface area (Å²) in [7, 11) is 0. The monoisotopic (exact) mass is 224 g/mol. The van der Waals surface area contributed by atoms with Gasteiger partial charge in [0.05, 0.1) is 0 Å². The van der Waals surface area contributed by atoms with Crippen LogP contribution in [0.15, 0.2) is 0 Å². The van der Waals surface area contributed by atoms with Crippen LogP contribution in [0.1, 0.15) is 52.4 Å². The lowest BCUT2D eigenvalue weighted by atomic mass is 10.0.